The van der Waals surface area contributed by atoms with E-state index in [1.165, 1.54) is 5.56 Å². The minimum atomic E-state index is -0.0177. The second-order valence-corrected chi connectivity index (χ2v) is 4.38. The van der Waals surface area contributed by atoms with Crippen LogP contribution in [-0.4, -0.2) is 19.5 Å². The molecule has 0 aliphatic carbocycles. The molecule has 3 heteroatoms. The summed E-state index contributed by atoms with van der Waals surface area (Å²) in [7, 11) is 0. The first-order valence-corrected chi connectivity index (χ1v) is 6.03. The summed E-state index contributed by atoms with van der Waals surface area (Å²) >= 11 is 0. The smallest absolute Gasteiger partial charge is 0.157 e. The summed E-state index contributed by atoms with van der Waals surface area (Å²) < 4.78 is 10.8. The first kappa shape index (κ1) is 12.1. The highest BCUT2D eigenvalue weighted by Gasteiger charge is 2.17. The van der Waals surface area contributed by atoms with Gasteiger partial charge in [0.1, 0.15) is 0 Å². The molecule has 1 aliphatic heterocycles. The van der Waals surface area contributed by atoms with Gasteiger partial charge in [-0.1, -0.05) is 19.1 Å². The van der Waals surface area contributed by atoms with Crippen LogP contribution in [0.2, 0.25) is 0 Å². The van der Waals surface area contributed by atoms with Gasteiger partial charge in [-0.3, -0.25) is 0 Å². The maximum Gasteiger partial charge on any atom is 0.157 e. The molecular weight excluding hydrogens is 214 g/mol. The molecule has 1 aliphatic rings. The fraction of sp³-hybridized carbons (Fsp3) is 0.500. The molecule has 0 N–H and O–H groups in total. The summed E-state index contributed by atoms with van der Waals surface area (Å²) in [6, 6.07) is 9.92. The Balaban J connectivity index is 1.85. The zero-order chi connectivity index (χ0) is 12.1. The van der Waals surface area contributed by atoms with Gasteiger partial charge in [-0.15, -0.1) is 0 Å². The predicted octanol–water partition coefficient (Wildman–Crippen LogP) is 2.81. The summed E-state index contributed by atoms with van der Waals surface area (Å²) in [5.74, 6) is 0.468. The zero-order valence-corrected chi connectivity index (χ0v) is 10.1. The Labute approximate surface area is 102 Å². The average Bonchev–Trinajstić information content (AvgIpc) is 2.89. The van der Waals surface area contributed by atoms with Gasteiger partial charge in [-0.2, -0.15) is 5.26 Å². The van der Waals surface area contributed by atoms with Crippen LogP contribution >= 0.6 is 0 Å². The van der Waals surface area contributed by atoms with Gasteiger partial charge in [0.2, 0.25) is 0 Å². The Bertz CT molecular complexity index is 388. The van der Waals surface area contributed by atoms with Gasteiger partial charge in [0, 0.05) is 0 Å². The van der Waals surface area contributed by atoms with Crippen molar-refractivity contribution in [3.8, 4) is 6.07 Å². The molecule has 3 nitrogen and oxygen atoms in total. The SMILES string of the molecule is CC(CCC1OCCO1)c1ccc(C#N)cc1. The number of benzene rings is 1. The topological polar surface area (TPSA) is 42.2 Å². The molecule has 2 rings (SSSR count). The van der Waals surface area contributed by atoms with Gasteiger partial charge in [-0.05, 0) is 36.5 Å². The van der Waals surface area contributed by atoms with Crippen LogP contribution in [-0.2, 0) is 9.47 Å². The minimum absolute atomic E-state index is 0.0177. The quantitative estimate of drug-likeness (QED) is 0.800. The van der Waals surface area contributed by atoms with E-state index in [9.17, 15) is 0 Å². The van der Waals surface area contributed by atoms with Crippen molar-refractivity contribution in [1.82, 2.24) is 0 Å². The number of hydrogen-bond acceptors (Lipinski definition) is 3. The lowest BCUT2D eigenvalue weighted by atomic mass is 9.95. The van der Waals surface area contributed by atoms with Crippen LogP contribution in [0.5, 0.6) is 0 Å². The fourth-order valence-corrected chi connectivity index (χ4v) is 2.01. The second-order valence-electron chi connectivity index (χ2n) is 4.38. The fourth-order valence-electron chi connectivity index (χ4n) is 2.01. The monoisotopic (exact) mass is 231 g/mol. The number of ether oxygens (including phenoxy) is 2. The molecule has 1 heterocycles. The lowest BCUT2D eigenvalue weighted by molar-refractivity contribution is -0.0485. The highest BCUT2D eigenvalue weighted by atomic mass is 16.7. The molecule has 90 valence electrons. The van der Waals surface area contributed by atoms with Gasteiger partial charge in [0.25, 0.3) is 0 Å². The maximum atomic E-state index is 8.73. The third-order valence-electron chi connectivity index (χ3n) is 3.14. The first-order chi connectivity index (χ1) is 8.29. The Morgan fingerprint density at radius 1 is 1.29 bits per heavy atom. The highest BCUT2D eigenvalue weighted by Crippen LogP contribution is 2.23. The van der Waals surface area contributed by atoms with E-state index in [1.807, 2.05) is 24.3 Å². The molecule has 1 aromatic carbocycles. The van der Waals surface area contributed by atoms with Gasteiger partial charge in [-0.25, -0.2) is 0 Å². The van der Waals surface area contributed by atoms with E-state index >= 15 is 0 Å². The van der Waals surface area contributed by atoms with E-state index in [2.05, 4.69) is 13.0 Å². The van der Waals surface area contributed by atoms with E-state index in [-0.39, 0.29) is 6.29 Å². The van der Waals surface area contributed by atoms with Crippen LogP contribution in [0.4, 0.5) is 0 Å². The van der Waals surface area contributed by atoms with Crippen molar-refractivity contribution in [2.45, 2.75) is 32.0 Å². The highest BCUT2D eigenvalue weighted by molar-refractivity contribution is 5.32. The number of rotatable bonds is 4. The molecule has 1 unspecified atom stereocenters. The zero-order valence-electron chi connectivity index (χ0n) is 10.1. The first-order valence-electron chi connectivity index (χ1n) is 6.03. The van der Waals surface area contributed by atoms with Crippen LogP contribution in [0.15, 0.2) is 24.3 Å². The van der Waals surface area contributed by atoms with E-state index < -0.39 is 0 Å². The molecule has 0 amide bonds. The Hall–Kier alpha value is -1.37. The Kier molecular flexibility index (Phi) is 4.13. The lowest BCUT2D eigenvalue weighted by Gasteiger charge is -2.14. The van der Waals surface area contributed by atoms with E-state index in [0.29, 0.717) is 11.5 Å². The van der Waals surface area contributed by atoms with Crippen molar-refractivity contribution >= 4 is 0 Å². The van der Waals surface area contributed by atoms with Crippen LogP contribution < -0.4 is 0 Å². The molecule has 0 bridgehead atoms. The van der Waals surface area contributed by atoms with E-state index in [1.54, 1.807) is 0 Å². The second kappa shape index (κ2) is 5.81. The number of hydrogen-bond donors (Lipinski definition) is 0. The maximum absolute atomic E-state index is 8.73. The molecule has 1 saturated heterocycles. The third kappa shape index (κ3) is 3.29. The summed E-state index contributed by atoms with van der Waals surface area (Å²) in [5, 5.41) is 8.73. The summed E-state index contributed by atoms with van der Waals surface area (Å²) in [6.45, 7) is 3.63. The average molecular weight is 231 g/mol. The molecule has 1 aromatic rings. The van der Waals surface area contributed by atoms with Crippen molar-refractivity contribution in [2.24, 2.45) is 0 Å². The van der Waals surface area contributed by atoms with Gasteiger partial charge < -0.3 is 9.47 Å². The minimum Gasteiger partial charge on any atom is -0.350 e. The van der Waals surface area contributed by atoms with Crippen LogP contribution in [0.25, 0.3) is 0 Å². The molecule has 17 heavy (non-hydrogen) atoms. The van der Waals surface area contributed by atoms with Crippen LogP contribution in [0, 0.1) is 11.3 Å². The van der Waals surface area contributed by atoms with E-state index in [0.717, 1.165) is 26.1 Å². The summed E-state index contributed by atoms with van der Waals surface area (Å²) in [5.41, 5.74) is 1.98. The molecule has 0 saturated carbocycles. The van der Waals surface area contributed by atoms with Gasteiger partial charge in [0.15, 0.2) is 6.29 Å². The summed E-state index contributed by atoms with van der Waals surface area (Å²) in [4.78, 5) is 0. The lowest BCUT2D eigenvalue weighted by Crippen LogP contribution is -2.08. The third-order valence-corrected chi connectivity index (χ3v) is 3.14. The Morgan fingerprint density at radius 2 is 1.94 bits per heavy atom. The normalized spacial score (nSPS) is 17.9. The molecule has 0 radical (unpaired) electrons. The van der Waals surface area contributed by atoms with E-state index in [4.69, 9.17) is 14.7 Å². The van der Waals surface area contributed by atoms with Gasteiger partial charge >= 0.3 is 0 Å². The largest absolute Gasteiger partial charge is 0.350 e. The number of nitriles is 1. The molecule has 1 fully saturated rings. The van der Waals surface area contributed by atoms with Crippen molar-refractivity contribution in [1.29, 1.82) is 5.26 Å². The Morgan fingerprint density at radius 3 is 2.53 bits per heavy atom. The molecule has 0 spiro atoms. The van der Waals surface area contributed by atoms with Crippen molar-refractivity contribution in [2.75, 3.05) is 13.2 Å². The molecular formula is C14H17NO2. The molecule has 0 aromatic heterocycles. The van der Waals surface area contributed by atoms with Crippen molar-refractivity contribution in [3.63, 3.8) is 0 Å². The number of nitrogens with zero attached hydrogens (tertiary/aromatic N) is 1. The van der Waals surface area contributed by atoms with Crippen LogP contribution in [0.3, 0.4) is 0 Å². The standard InChI is InChI=1S/C14H17NO2/c1-11(2-7-14-16-8-9-17-14)13-5-3-12(10-15)4-6-13/h3-6,11,14H,2,7-9H2,1H3. The summed E-state index contributed by atoms with van der Waals surface area (Å²) in [6.07, 6.45) is 1.95. The van der Waals surface area contributed by atoms with Crippen molar-refractivity contribution in [3.05, 3.63) is 35.4 Å². The van der Waals surface area contributed by atoms with Gasteiger partial charge in [0.05, 0.1) is 24.8 Å². The van der Waals surface area contributed by atoms with Crippen LogP contribution in [0.1, 0.15) is 36.8 Å². The molecule has 1 atom stereocenters. The predicted molar refractivity (Wildman–Crippen MR) is 64.5 cm³/mol. The van der Waals surface area contributed by atoms with Crippen molar-refractivity contribution < 1.29 is 9.47 Å².